The molecule has 21 heavy (non-hydrogen) atoms. The third-order valence-corrected chi connectivity index (χ3v) is 4.48. The Morgan fingerprint density at radius 1 is 1.33 bits per heavy atom. The summed E-state index contributed by atoms with van der Waals surface area (Å²) in [6.45, 7) is 4.50. The maximum atomic E-state index is 12.3. The second kappa shape index (κ2) is 5.81. The third-order valence-electron chi connectivity index (χ3n) is 3.56. The molecule has 0 spiro atoms. The van der Waals surface area contributed by atoms with Crippen molar-refractivity contribution in [1.29, 1.82) is 0 Å². The number of hydrogen-bond acceptors (Lipinski definition) is 6. The summed E-state index contributed by atoms with van der Waals surface area (Å²) in [5, 5.41) is 19.9. The predicted molar refractivity (Wildman–Crippen MR) is 74.8 cm³/mol. The molecule has 2 heterocycles. The van der Waals surface area contributed by atoms with Crippen LogP contribution in [0.2, 0.25) is 0 Å². The van der Waals surface area contributed by atoms with E-state index in [4.69, 9.17) is 4.74 Å². The lowest BCUT2D eigenvalue weighted by Gasteiger charge is -2.17. The molecule has 1 aliphatic rings. The summed E-state index contributed by atoms with van der Waals surface area (Å²) in [4.78, 5) is 24.2. The van der Waals surface area contributed by atoms with Gasteiger partial charge in [-0.1, -0.05) is 6.92 Å². The number of rotatable bonds is 3. The Hall–Kier alpha value is -1.34. The minimum Gasteiger partial charge on any atom is -0.388 e. The molecule has 0 bridgehead atoms. The molecular formula is C12H18N2O6P+. The zero-order valence-corrected chi connectivity index (χ0v) is 12.9. The van der Waals surface area contributed by atoms with Gasteiger partial charge in [0.15, 0.2) is 12.9 Å². The second-order valence-electron chi connectivity index (χ2n) is 5.04. The molecule has 1 saturated heterocycles. The number of aliphatic hydroxyl groups excluding tert-OH is 2. The van der Waals surface area contributed by atoms with Crippen molar-refractivity contribution in [2.45, 2.75) is 44.8 Å². The Labute approximate surface area is 121 Å². The van der Waals surface area contributed by atoms with Gasteiger partial charge in [0.1, 0.15) is 12.2 Å². The SMILES string of the molecule is CC[C@H]1O[C@@H](n2cc(C)c(=O)n([P+](C)=O)c2=O)[C@@H](O)C1O. The molecule has 1 aliphatic heterocycles. The normalized spacial score (nSPS) is 29.7. The summed E-state index contributed by atoms with van der Waals surface area (Å²) in [6.07, 6.45) is -2.43. The summed E-state index contributed by atoms with van der Waals surface area (Å²) >= 11 is 0. The van der Waals surface area contributed by atoms with Gasteiger partial charge in [-0.15, -0.1) is 0 Å². The molecule has 9 heteroatoms. The molecule has 1 aromatic heterocycles. The first kappa shape index (κ1) is 16.0. The summed E-state index contributed by atoms with van der Waals surface area (Å²) < 4.78 is 18.7. The molecular weight excluding hydrogens is 299 g/mol. The van der Waals surface area contributed by atoms with Crippen molar-refractivity contribution in [1.82, 2.24) is 8.90 Å². The van der Waals surface area contributed by atoms with E-state index in [2.05, 4.69) is 0 Å². The zero-order chi connectivity index (χ0) is 15.9. The van der Waals surface area contributed by atoms with Crippen LogP contribution in [0.1, 0.15) is 25.1 Å². The predicted octanol–water partition coefficient (Wildman–Crippen LogP) is -0.432. The van der Waals surface area contributed by atoms with Gasteiger partial charge in [-0.3, -0.25) is 9.36 Å². The molecule has 0 radical (unpaired) electrons. The smallest absolute Gasteiger partial charge is 0.388 e. The van der Waals surface area contributed by atoms with Crippen molar-refractivity contribution in [2.24, 2.45) is 0 Å². The zero-order valence-electron chi connectivity index (χ0n) is 12.0. The van der Waals surface area contributed by atoms with E-state index in [1.54, 1.807) is 6.92 Å². The molecule has 5 atom stereocenters. The fourth-order valence-electron chi connectivity index (χ4n) is 2.41. The van der Waals surface area contributed by atoms with Crippen LogP contribution in [0, 0.1) is 6.92 Å². The number of ether oxygens (including phenoxy) is 1. The van der Waals surface area contributed by atoms with Crippen LogP contribution in [0.25, 0.3) is 0 Å². The molecule has 8 nitrogen and oxygen atoms in total. The maximum Gasteiger partial charge on any atom is 0.471 e. The largest absolute Gasteiger partial charge is 0.471 e. The van der Waals surface area contributed by atoms with Crippen LogP contribution in [-0.4, -0.2) is 44.1 Å². The number of aliphatic hydroxyl groups is 2. The Bertz CT molecular complexity index is 681. The van der Waals surface area contributed by atoms with E-state index in [1.165, 1.54) is 19.8 Å². The Morgan fingerprint density at radius 3 is 2.43 bits per heavy atom. The van der Waals surface area contributed by atoms with Gasteiger partial charge in [-0.25, -0.2) is 4.79 Å². The highest BCUT2D eigenvalue weighted by atomic mass is 31.1. The van der Waals surface area contributed by atoms with Crippen LogP contribution in [0.5, 0.6) is 0 Å². The molecule has 1 aromatic rings. The van der Waals surface area contributed by atoms with Gasteiger partial charge >= 0.3 is 19.2 Å². The van der Waals surface area contributed by atoms with Crippen LogP contribution >= 0.6 is 7.95 Å². The van der Waals surface area contributed by atoms with E-state index in [-0.39, 0.29) is 5.56 Å². The fraction of sp³-hybridized carbons (Fsp3) is 0.667. The van der Waals surface area contributed by atoms with E-state index in [0.29, 0.717) is 10.8 Å². The fourth-order valence-corrected chi connectivity index (χ4v) is 3.17. The van der Waals surface area contributed by atoms with Crippen LogP contribution in [0.4, 0.5) is 0 Å². The minimum absolute atomic E-state index is 0.199. The molecule has 2 rings (SSSR count). The van der Waals surface area contributed by atoms with E-state index in [9.17, 15) is 24.4 Å². The Morgan fingerprint density at radius 2 is 1.95 bits per heavy atom. The lowest BCUT2D eigenvalue weighted by molar-refractivity contribution is -0.0408. The number of hydrogen-bond donors (Lipinski definition) is 2. The highest BCUT2D eigenvalue weighted by Gasteiger charge is 2.43. The minimum atomic E-state index is -2.20. The standard InChI is InChI=1S/C12H18N2O6P/c1-4-7-8(15)9(16)11(20-7)13-5-6(2)10(17)14(12(13)18)21(3)19/h5,7-9,11,15-16H,4H2,1-3H3/q+1/t7-,8?,9+,11-/m1/s1. The van der Waals surface area contributed by atoms with Gasteiger partial charge in [0.2, 0.25) is 0 Å². The molecule has 0 saturated carbocycles. The Kier molecular flexibility index (Phi) is 4.43. The molecule has 2 N–H and O–H groups in total. The van der Waals surface area contributed by atoms with Crippen molar-refractivity contribution < 1.29 is 19.5 Å². The second-order valence-corrected chi connectivity index (χ2v) is 6.37. The van der Waals surface area contributed by atoms with Gasteiger partial charge < -0.3 is 14.9 Å². The first-order valence-electron chi connectivity index (χ1n) is 6.57. The average Bonchev–Trinajstić information content (AvgIpc) is 2.70. The van der Waals surface area contributed by atoms with Crippen LogP contribution in [0.15, 0.2) is 15.8 Å². The van der Waals surface area contributed by atoms with E-state index in [0.717, 1.165) is 4.57 Å². The van der Waals surface area contributed by atoms with Crippen LogP contribution in [-0.2, 0) is 9.30 Å². The van der Waals surface area contributed by atoms with E-state index < -0.39 is 43.7 Å². The summed E-state index contributed by atoms with van der Waals surface area (Å²) in [7, 11) is -2.20. The molecule has 0 amide bonds. The van der Waals surface area contributed by atoms with Crippen molar-refractivity contribution in [2.75, 3.05) is 6.66 Å². The van der Waals surface area contributed by atoms with Gasteiger partial charge in [0, 0.05) is 11.8 Å². The van der Waals surface area contributed by atoms with Crippen molar-refractivity contribution in [3.05, 3.63) is 32.6 Å². The van der Waals surface area contributed by atoms with Crippen LogP contribution in [0.3, 0.4) is 0 Å². The van der Waals surface area contributed by atoms with Crippen molar-refractivity contribution in [3.8, 4) is 0 Å². The number of aromatic nitrogens is 2. The molecule has 0 aromatic carbocycles. The first-order valence-corrected chi connectivity index (χ1v) is 8.23. The molecule has 1 fully saturated rings. The number of aryl methyl sites for hydroxylation is 1. The van der Waals surface area contributed by atoms with Gasteiger partial charge in [0.25, 0.3) is 0 Å². The monoisotopic (exact) mass is 317 g/mol. The highest BCUT2D eigenvalue weighted by Crippen LogP contribution is 2.30. The Balaban J connectivity index is 2.59. The third kappa shape index (κ3) is 2.60. The van der Waals surface area contributed by atoms with Gasteiger partial charge in [0.05, 0.1) is 6.10 Å². The van der Waals surface area contributed by atoms with Crippen LogP contribution < -0.4 is 11.2 Å². The summed E-state index contributed by atoms with van der Waals surface area (Å²) in [6, 6.07) is 0. The first-order chi connectivity index (χ1) is 9.79. The molecule has 116 valence electrons. The molecule has 0 aliphatic carbocycles. The lowest BCUT2D eigenvalue weighted by Crippen LogP contribution is -2.42. The quantitative estimate of drug-likeness (QED) is 0.732. The van der Waals surface area contributed by atoms with Gasteiger partial charge in [-0.05, 0) is 22.2 Å². The highest BCUT2D eigenvalue weighted by molar-refractivity contribution is 7.41. The van der Waals surface area contributed by atoms with E-state index >= 15 is 0 Å². The average molecular weight is 317 g/mol. The van der Waals surface area contributed by atoms with Crippen molar-refractivity contribution >= 4 is 7.95 Å². The maximum absolute atomic E-state index is 12.3. The summed E-state index contributed by atoms with van der Waals surface area (Å²) in [5.41, 5.74) is -1.27. The lowest BCUT2D eigenvalue weighted by atomic mass is 10.1. The summed E-state index contributed by atoms with van der Waals surface area (Å²) in [5.74, 6) is 0. The van der Waals surface area contributed by atoms with Crippen molar-refractivity contribution in [3.63, 3.8) is 0 Å². The van der Waals surface area contributed by atoms with Gasteiger partial charge in [-0.2, -0.15) is 0 Å². The van der Waals surface area contributed by atoms with E-state index in [1.807, 2.05) is 0 Å². The topological polar surface area (TPSA) is 111 Å². The number of nitrogens with zero attached hydrogens (tertiary/aromatic N) is 2. The molecule has 2 unspecified atom stereocenters.